The van der Waals surface area contributed by atoms with Crippen molar-refractivity contribution in [2.75, 3.05) is 39.8 Å². The summed E-state index contributed by atoms with van der Waals surface area (Å²) in [5.41, 5.74) is 0. The SMILES string of the molecule is CNCC1CN(CCCC(C)C)CCO1. The fraction of sp³-hybridized carbons (Fsp3) is 1.00. The van der Waals surface area contributed by atoms with Crippen molar-refractivity contribution < 1.29 is 4.74 Å². The summed E-state index contributed by atoms with van der Waals surface area (Å²) in [6.45, 7) is 9.90. The lowest BCUT2D eigenvalue weighted by atomic mass is 10.1. The summed E-state index contributed by atoms with van der Waals surface area (Å²) in [6, 6.07) is 0. The van der Waals surface area contributed by atoms with E-state index in [2.05, 4.69) is 24.1 Å². The molecule has 1 heterocycles. The van der Waals surface area contributed by atoms with Gasteiger partial charge in [-0.2, -0.15) is 0 Å². The molecule has 1 N–H and O–H groups in total. The standard InChI is InChI=1S/C12H26N2O/c1-11(2)5-4-6-14-7-8-15-12(10-14)9-13-3/h11-13H,4-10H2,1-3H3. The molecule has 1 aliphatic rings. The molecule has 1 aliphatic heterocycles. The molecule has 0 aliphatic carbocycles. The number of nitrogens with one attached hydrogen (secondary N) is 1. The van der Waals surface area contributed by atoms with Crippen LogP contribution in [0.5, 0.6) is 0 Å². The maximum Gasteiger partial charge on any atom is 0.0826 e. The zero-order valence-corrected chi connectivity index (χ0v) is 10.5. The van der Waals surface area contributed by atoms with Gasteiger partial charge in [0.1, 0.15) is 0 Å². The number of hydrogen-bond acceptors (Lipinski definition) is 3. The maximum absolute atomic E-state index is 5.67. The number of rotatable bonds is 6. The Morgan fingerprint density at radius 1 is 1.47 bits per heavy atom. The number of hydrogen-bond donors (Lipinski definition) is 1. The van der Waals surface area contributed by atoms with Gasteiger partial charge < -0.3 is 10.1 Å². The Balaban J connectivity index is 2.12. The number of nitrogens with zero attached hydrogens (tertiary/aromatic N) is 1. The summed E-state index contributed by atoms with van der Waals surface area (Å²) >= 11 is 0. The molecule has 0 spiro atoms. The highest BCUT2D eigenvalue weighted by Gasteiger charge is 2.18. The highest BCUT2D eigenvalue weighted by molar-refractivity contribution is 4.72. The van der Waals surface area contributed by atoms with E-state index in [1.165, 1.54) is 19.4 Å². The molecular formula is C12H26N2O. The average Bonchev–Trinajstić information content (AvgIpc) is 2.18. The molecule has 3 heteroatoms. The Morgan fingerprint density at radius 2 is 2.27 bits per heavy atom. The highest BCUT2D eigenvalue weighted by atomic mass is 16.5. The molecule has 1 saturated heterocycles. The summed E-state index contributed by atoms with van der Waals surface area (Å²) in [6.07, 6.45) is 3.06. The Hall–Kier alpha value is -0.120. The summed E-state index contributed by atoms with van der Waals surface area (Å²) in [5.74, 6) is 0.833. The fourth-order valence-electron chi connectivity index (χ4n) is 2.06. The fourth-order valence-corrected chi connectivity index (χ4v) is 2.06. The number of morpholine rings is 1. The maximum atomic E-state index is 5.67. The van der Waals surface area contributed by atoms with Crippen molar-refractivity contribution >= 4 is 0 Å². The van der Waals surface area contributed by atoms with Gasteiger partial charge in [-0.25, -0.2) is 0 Å². The average molecular weight is 214 g/mol. The van der Waals surface area contributed by atoms with Crippen LogP contribution in [0.3, 0.4) is 0 Å². The van der Waals surface area contributed by atoms with Gasteiger partial charge >= 0.3 is 0 Å². The van der Waals surface area contributed by atoms with Crippen LogP contribution in [0, 0.1) is 5.92 Å². The molecule has 1 unspecified atom stereocenters. The first-order chi connectivity index (χ1) is 7.22. The van der Waals surface area contributed by atoms with Crippen molar-refractivity contribution in [1.29, 1.82) is 0 Å². The summed E-state index contributed by atoms with van der Waals surface area (Å²) in [5, 5.41) is 3.18. The van der Waals surface area contributed by atoms with Crippen LogP contribution in [0.25, 0.3) is 0 Å². The summed E-state index contributed by atoms with van der Waals surface area (Å²) in [4.78, 5) is 2.54. The molecule has 15 heavy (non-hydrogen) atoms. The normalized spacial score (nSPS) is 23.6. The smallest absolute Gasteiger partial charge is 0.0826 e. The second-order valence-electron chi connectivity index (χ2n) is 4.89. The minimum Gasteiger partial charge on any atom is -0.374 e. The minimum absolute atomic E-state index is 0.391. The lowest BCUT2D eigenvalue weighted by molar-refractivity contribution is -0.0267. The first-order valence-corrected chi connectivity index (χ1v) is 6.21. The zero-order valence-electron chi connectivity index (χ0n) is 10.5. The first-order valence-electron chi connectivity index (χ1n) is 6.21. The van der Waals surface area contributed by atoms with Crippen molar-refractivity contribution in [2.24, 2.45) is 5.92 Å². The molecule has 0 saturated carbocycles. The molecule has 1 fully saturated rings. The van der Waals surface area contributed by atoms with E-state index in [4.69, 9.17) is 4.74 Å². The predicted molar refractivity (Wildman–Crippen MR) is 64.2 cm³/mol. The van der Waals surface area contributed by atoms with Gasteiger partial charge in [0.05, 0.1) is 12.7 Å². The van der Waals surface area contributed by atoms with Crippen molar-refractivity contribution in [1.82, 2.24) is 10.2 Å². The van der Waals surface area contributed by atoms with Crippen molar-refractivity contribution in [3.05, 3.63) is 0 Å². The molecule has 0 aromatic rings. The molecule has 0 aromatic carbocycles. The van der Waals surface area contributed by atoms with E-state index in [1.54, 1.807) is 0 Å². The van der Waals surface area contributed by atoms with E-state index >= 15 is 0 Å². The van der Waals surface area contributed by atoms with Crippen LogP contribution in [0.15, 0.2) is 0 Å². The third-order valence-electron chi connectivity index (χ3n) is 2.91. The largest absolute Gasteiger partial charge is 0.374 e. The third kappa shape index (κ3) is 5.50. The second-order valence-corrected chi connectivity index (χ2v) is 4.89. The van der Waals surface area contributed by atoms with Crippen LogP contribution < -0.4 is 5.32 Å². The first kappa shape index (κ1) is 12.9. The molecule has 0 bridgehead atoms. The third-order valence-corrected chi connectivity index (χ3v) is 2.91. The highest BCUT2D eigenvalue weighted by Crippen LogP contribution is 2.08. The number of likely N-dealkylation sites (N-methyl/N-ethyl adjacent to an activating group) is 1. The Bertz CT molecular complexity index is 160. The Morgan fingerprint density at radius 3 is 2.93 bits per heavy atom. The van der Waals surface area contributed by atoms with Gasteiger partial charge in [-0.05, 0) is 32.4 Å². The predicted octanol–water partition coefficient (Wildman–Crippen LogP) is 1.34. The zero-order chi connectivity index (χ0) is 11.1. The molecule has 3 nitrogen and oxygen atoms in total. The molecule has 0 aromatic heterocycles. The van der Waals surface area contributed by atoms with E-state index in [0.717, 1.165) is 32.2 Å². The van der Waals surface area contributed by atoms with Crippen molar-refractivity contribution in [3.8, 4) is 0 Å². The van der Waals surface area contributed by atoms with Gasteiger partial charge in [-0.15, -0.1) is 0 Å². The molecule has 90 valence electrons. The van der Waals surface area contributed by atoms with E-state index in [1.807, 2.05) is 7.05 Å². The van der Waals surface area contributed by atoms with Crippen LogP contribution in [0.2, 0.25) is 0 Å². The van der Waals surface area contributed by atoms with Crippen LogP contribution in [0.1, 0.15) is 26.7 Å². The minimum atomic E-state index is 0.391. The van der Waals surface area contributed by atoms with Gasteiger partial charge in [0.15, 0.2) is 0 Å². The summed E-state index contributed by atoms with van der Waals surface area (Å²) < 4.78 is 5.67. The van der Waals surface area contributed by atoms with E-state index in [0.29, 0.717) is 6.10 Å². The van der Waals surface area contributed by atoms with Crippen LogP contribution >= 0.6 is 0 Å². The quantitative estimate of drug-likeness (QED) is 0.722. The van der Waals surface area contributed by atoms with Gasteiger partial charge in [0, 0.05) is 19.6 Å². The van der Waals surface area contributed by atoms with Crippen molar-refractivity contribution in [2.45, 2.75) is 32.8 Å². The van der Waals surface area contributed by atoms with E-state index < -0.39 is 0 Å². The monoisotopic (exact) mass is 214 g/mol. The van der Waals surface area contributed by atoms with Crippen LogP contribution in [-0.4, -0.2) is 50.8 Å². The lowest BCUT2D eigenvalue weighted by Gasteiger charge is -2.32. The van der Waals surface area contributed by atoms with Crippen LogP contribution in [0.4, 0.5) is 0 Å². The van der Waals surface area contributed by atoms with Crippen LogP contribution in [-0.2, 0) is 4.74 Å². The molecular weight excluding hydrogens is 188 g/mol. The van der Waals surface area contributed by atoms with Gasteiger partial charge in [0.25, 0.3) is 0 Å². The summed E-state index contributed by atoms with van der Waals surface area (Å²) in [7, 11) is 1.99. The van der Waals surface area contributed by atoms with Crippen molar-refractivity contribution in [3.63, 3.8) is 0 Å². The van der Waals surface area contributed by atoms with E-state index in [9.17, 15) is 0 Å². The topological polar surface area (TPSA) is 24.5 Å². The number of ether oxygens (including phenoxy) is 1. The van der Waals surface area contributed by atoms with Gasteiger partial charge in [-0.1, -0.05) is 13.8 Å². The van der Waals surface area contributed by atoms with Gasteiger partial charge in [-0.3, -0.25) is 4.90 Å². The molecule has 1 atom stereocenters. The van der Waals surface area contributed by atoms with E-state index in [-0.39, 0.29) is 0 Å². The second kappa shape index (κ2) is 7.20. The molecule has 0 radical (unpaired) electrons. The van der Waals surface area contributed by atoms with Gasteiger partial charge in [0.2, 0.25) is 0 Å². The Kier molecular flexibility index (Phi) is 6.22. The lowest BCUT2D eigenvalue weighted by Crippen LogP contribution is -2.46. The molecule has 0 amide bonds. The molecule has 1 rings (SSSR count). The Labute approximate surface area is 94.2 Å².